The van der Waals surface area contributed by atoms with Gasteiger partial charge in [-0.15, -0.1) is 0 Å². The molecule has 4 nitrogen and oxygen atoms in total. The summed E-state index contributed by atoms with van der Waals surface area (Å²) in [7, 11) is -3.21. The van der Waals surface area contributed by atoms with E-state index >= 15 is 0 Å². The summed E-state index contributed by atoms with van der Waals surface area (Å²) in [4.78, 5) is 2.28. The molecule has 1 saturated heterocycles. The van der Waals surface area contributed by atoms with Gasteiger partial charge in [0.25, 0.3) is 0 Å². The Bertz CT molecular complexity index is 480. The first-order valence-corrected chi connectivity index (χ1v) is 7.81. The van der Waals surface area contributed by atoms with Crippen LogP contribution in [0.4, 0.5) is 0 Å². The molecule has 1 aromatic carbocycles. The molecule has 6 heteroatoms. The Morgan fingerprint density at radius 2 is 1.88 bits per heavy atom. The van der Waals surface area contributed by atoms with Gasteiger partial charge in [-0.2, -0.15) is 0 Å². The minimum absolute atomic E-state index is 0.0986. The fraction of sp³-hybridized carbons (Fsp3) is 0.455. The number of aliphatic hydroxyl groups is 1. The third-order valence-electron chi connectivity index (χ3n) is 2.79. The molecule has 1 aromatic rings. The first kappa shape index (κ1) is 13.0. The summed E-state index contributed by atoms with van der Waals surface area (Å²) in [5, 5.41) is 9.10. The molecular weight excluding hydrogens is 306 g/mol. The van der Waals surface area contributed by atoms with Crippen LogP contribution in [0.2, 0.25) is 0 Å². The molecule has 1 aliphatic heterocycles. The van der Waals surface area contributed by atoms with Gasteiger partial charge in [0.2, 0.25) is 0 Å². The summed E-state index contributed by atoms with van der Waals surface area (Å²) in [5.74, 6) is 0.0986. The van der Waals surface area contributed by atoms with Crippen LogP contribution in [0.25, 0.3) is 0 Å². The van der Waals surface area contributed by atoms with Crippen molar-refractivity contribution in [3.63, 3.8) is 0 Å². The summed E-state index contributed by atoms with van der Waals surface area (Å²) >= 11 is 3.27. The van der Waals surface area contributed by atoms with Crippen LogP contribution >= 0.6 is 15.9 Å². The molecule has 1 N–H and O–H groups in total. The van der Waals surface area contributed by atoms with Gasteiger partial charge in [-0.25, -0.2) is 8.42 Å². The number of β-amino-alcohol motifs (C(OH)–C–C–N with tert-alkyl or cyclic N) is 1. The molecule has 0 radical (unpaired) electrons. The second kappa shape index (κ2) is 5.06. The van der Waals surface area contributed by atoms with E-state index in [9.17, 15) is 8.42 Å². The van der Waals surface area contributed by atoms with Crippen LogP contribution in [-0.4, -0.2) is 49.9 Å². The van der Waals surface area contributed by atoms with E-state index < -0.39 is 9.84 Å². The quantitative estimate of drug-likeness (QED) is 0.896. The second-order valence-corrected chi connectivity index (χ2v) is 7.21. The van der Waals surface area contributed by atoms with Crippen molar-refractivity contribution in [1.29, 1.82) is 0 Å². The Hall–Kier alpha value is -0.430. The van der Waals surface area contributed by atoms with Crippen LogP contribution in [0, 0.1) is 0 Å². The maximum atomic E-state index is 12.0. The van der Waals surface area contributed by atoms with E-state index in [1.165, 1.54) is 0 Å². The largest absolute Gasteiger partial charge is 0.390 e. The Labute approximate surface area is 109 Å². The normalized spacial score (nSPS) is 18.0. The topological polar surface area (TPSA) is 57.6 Å². The smallest absolute Gasteiger partial charge is 0.179 e. The Morgan fingerprint density at radius 1 is 1.29 bits per heavy atom. The molecule has 1 fully saturated rings. The number of rotatable bonds is 4. The zero-order valence-electron chi connectivity index (χ0n) is 9.21. The van der Waals surface area contributed by atoms with Crippen molar-refractivity contribution < 1.29 is 13.5 Å². The van der Waals surface area contributed by atoms with Gasteiger partial charge in [0, 0.05) is 24.1 Å². The van der Waals surface area contributed by atoms with Gasteiger partial charge < -0.3 is 5.11 Å². The molecule has 1 aliphatic rings. The average molecular weight is 320 g/mol. The standard InChI is InChI=1S/C11H14BrNO3S/c12-9-1-3-11(4-2-9)17(15,16)6-5-13-7-10(14)8-13/h1-4,10,14H,5-8H2. The van der Waals surface area contributed by atoms with Crippen LogP contribution in [0.5, 0.6) is 0 Å². The van der Waals surface area contributed by atoms with Crippen LogP contribution in [-0.2, 0) is 9.84 Å². The lowest BCUT2D eigenvalue weighted by molar-refractivity contribution is 0.00623. The third-order valence-corrected chi connectivity index (χ3v) is 5.03. The number of benzene rings is 1. The Kier molecular flexibility index (Phi) is 3.87. The van der Waals surface area contributed by atoms with Gasteiger partial charge in [0.05, 0.1) is 16.8 Å². The van der Waals surface area contributed by atoms with Crippen LogP contribution in [0.1, 0.15) is 0 Å². The minimum Gasteiger partial charge on any atom is -0.390 e. The molecule has 0 bridgehead atoms. The lowest BCUT2D eigenvalue weighted by Gasteiger charge is -2.35. The molecule has 0 saturated carbocycles. The fourth-order valence-electron chi connectivity index (χ4n) is 1.73. The molecule has 0 unspecified atom stereocenters. The molecule has 17 heavy (non-hydrogen) atoms. The first-order chi connectivity index (χ1) is 7.97. The highest BCUT2D eigenvalue weighted by atomic mass is 79.9. The summed E-state index contributed by atoms with van der Waals surface area (Å²) in [6.45, 7) is 1.64. The number of halogens is 1. The summed E-state index contributed by atoms with van der Waals surface area (Å²) in [5.41, 5.74) is 0. The molecule has 0 aromatic heterocycles. The first-order valence-electron chi connectivity index (χ1n) is 5.36. The van der Waals surface area contributed by atoms with Gasteiger partial charge in [-0.1, -0.05) is 15.9 Å². The van der Waals surface area contributed by atoms with Crippen LogP contribution in [0.15, 0.2) is 33.6 Å². The predicted octanol–water partition coefficient (Wildman–Crippen LogP) is 0.899. The number of sulfone groups is 1. The molecule has 0 atom stereocenters. The Balaban J connectivity index is 1.96. The molecule has 94 valence electrons. The lowest BCUT2D eigenvalue weighted by atomic mass is 10.2. The monoisotopic (exact) mass is 319 g/mol. The van der Waals surface area contributed by atoms with Gasteiger partial charge in [0.15, 0.2) is 9.84 Å². The van der Waals surface area contributed by atoms with Crippen molar-refractivity contribution >= 4 is 25.8 Å². The van der Waals surface area contributed by atoms with E-state index in [1.807, 2.05) is 4.90 Å². The van der Waals surface area contributed by atoms with E-state index in [1.54, 1.807) is 24.3 Å². The highest BCUT2D eigenvalue weighted by Crippen LogP contribution is 2.16. The maximum Gasteiger partial charge on any atom is 0.179 e. The molecule has 0 aliphatic carbocycles. The number of hydrogen-bond donors (Lipinski definition) is 1. The van der Waals surface area contributed by atoms with E-state index in [4.69, 9.17) is 5.11 Å². The highest BCUT2D eigenvalue weighted by Gasteiger charge is 2.25. The molecule has 1 heterocycles. The van der Waals surface area contributed by atoms with E-state index in [0.29, 0.717) is 24.5 Å². The van der Waals surface area contributed by atoms with Crippen molar-refractivity contribution in [2.24, 2.45) is 0 Å². The van der Waals surface area contributed by atoms with E-state index in [0.717, 1.165) is 4.47 Å². The zero-order chi connectivity index (χ0) is 12.5. The zero-order valence-corrected chi connectivity index (χ0v) is 11.6. The summed E-state index contributed by atoms with van der Waals surface area (Å²) < 4.78 is 24.8. The van der Waals surface area contributed by atoms with Gasteiger partial charge in [-0.3, -0.25) is 4.90 Å². The highest BCUT2D eigenvalue weighted by molar-refractivity contribution is 9.10. The average Bonchev–Trinajstić information content (AvgIpc) is 2.23. The fourth-order valence-corrected chi connectivity index (χ4v) is 3.28. The van der Waals surface area contributed by atoms with Crippen molar-refractivity contribution in [3.8, 4) is 0 Å². The number of aliphatic hydroxyl groups excluding tert-OH is 1. The lowest BCUT2D eigenvalue weighted by Crippen LogP contribution is -2.51. The molecule has 0 spiro atoms. The summed E-state index contributed by atoms with van der Waals surface area (Å²) in [6, 6.07) is 6.65. The van der Waals surface area contributed by atoms with Crippen LogP contribution < -0.4 is 0 Å². The number of hydrogen-bond acceptors (Lipinski definition) is 4. The van der Waals surface area contributed by atoms with Gasteiger partial charge in [0.1, 0.15) is 0 Å². The van der Waals surface area contributed by atoms with Crippen molar-refractivity contribution in [2.75, 3.05) is 25.4 Å². The molecule has 2 rings (SSSR count). The second-order valence-electron chi connectivity index (χ2n) is 4.19. The summed E-state index contributed by atoms with van der Waals surface area (Å²) in [6.07, 6.45) is -0.287. The SMILES string of the molecule is O=S(=O)(CCN1CC(O)C1)c1ccc(Br)cc1. The third kappa shape index (κ3) is 3.28. The Morgan fingerprint density at radius 3 is 2.41 bits per heavy atom. The molecule has 0 amide bonds. The van der Waals surface area contributed by atoms with E-state index in [2.05, 4.69) is 15.9 Å². The van der Waals surface area contributed by atoms with Crippen molar-refractivity contribution in [1.82, 2.24) is 4.90 Å². The number of nitrogens with zero attached hydrogens (tertiary/aromatic N) is 1. The minimum atomic E-state index is -3.21. The van der Waals surface area contributed by atoms with Crippen LogP contribution in [0.3, 0.4) is 0 Å². The van der Waals surface area contributed by atoms with E-state index in [-0.39, 0.29) is 11.9 Å². The number of likely N-dealkylation sites (tertiary alicyclic amines) is 1. The predicted molar refractivity (Wildman–Crippen MR) is 68.6 cm³/mol. The van der Waals surface area contributed by atoms with Gasteiger partial charge >= 0.3 is 0 Å². The molecular formula is C11H14BrNO3S. The maximum absolute atomic E-state index is 12.0. The van der Waals surface area contributed by atoms with Crippen molar-refractivity contribution in [2.45, 2.75) is 11.0 Å². The van der Waals surface area contributed by atoms with Crippen molar-refractivity contribution in [3.05, 3.63) is 28.7 Å². The van der Waals surface area contributed by atoms with Gasteiger partial charge in [-0.05, 0) is 24.3 Å².